The van der Waals surface area contributed by atoms with Gasteiger partial charge in [-0.2, -0.15) is 4.74 Å². The third-order valence-electron chi connectivity index (χ3n) is 4.52. The SMILES string of the molecule is C[C@@H]1C(c2ccccc2)=[N+]([O-])[C@](C)(c2ccc([N+](=O)[O-])cc2)N1O. The molecular weight excluding hydrogens is 310 g/mol. The highest BCUT2D eigenvalue weighted by Crippen LogP contribution is 2.36. The van der Waals surface area contributed by atoms with Crippen LogP contribution in [0.5, 0.6) is 0 Å². The van der Waals surface area contributed by atoms with E-state index in [-0.39, 0.29) is 5.69 Å². The second-order valence-electron chi connectivity index (χ2n) is 5.89. The molecule has 0 radical (unpaired) electrons. The number of hydroxylamine groups is 3. The first-order valence-electron chi connectivity index (χ1n) is 7.50. The summed E-state index contributed by atoms with van der Waals surface area (Å²) in [6.45, 7) is 3.33. The van der Waals surface area contributed by atoms with Crippen LogP contribution in [0.1, 0.15) is 25.0 Å². The van der Waals surface area contributed by atoms with E-state index in [9.17, 15) is 20.5 Å². The number of hydrogen-bond acceptors (Lipinski definition) is 5. The fraction of sp³-hybridized carbons (Fsp3) is 0.235. The molecule has 0 aromatic heterocycles. The second-order valence-corrected chi connectivity index (χ2v) is 5.89. The van der Waals surface area contributed by atoms with Crippen molar-refractivity contribution in [1.82, 2.24) is 5.06 Å². The maximum Gasteiger partial charge on any atom is 0.274 e. The molecule has 0 saturated heterocycles. The molecule has 7 heteroatoms. The van der Waals surface area contributed by atoms with Gasteiger partial charge in [-0.25, -0.2) is 0 Å². The highest BCUT2D eigenvalue weighted by atomic mass is 16.6. The van der Waals surface area contributed by atoms with Gasteiger partial charge in [-0.1, -0.05) is 18.2 Å². The van der Waals surface area contributed by atoms with Crippen molar-refractivity contribution in [2.75, 3.05) is 0 Å². The van der Waals surface area contributed by atoms with E-state index in [0.717, 1.165) is 15.4 Å². The average Bonchev–Trinajstić information content (AvgIpc) is 2.77. The molecule has 124 valence electrons. The normalized spacial score (nSPS) is 24.4. The molecule has 24 heavy (non-hydrogen) atoms. The average molecular weight is 327 g/mol. The highest BCUT2D eigenvalue weighted by molar-refractivity contribution is 6.01. The molecule has 1 aliphatic rings. The summed E-state index contributed by atoms with van der Waals surface area (Å²) < 4.78 is 0.772. The topological polar surface area (TPSA) is 92.7 Å². The molecule has 0 spiro atoms. The maximum atomic E-state index is 13.0. The molecule has 0 amide bonds. The predicted molar refractivity (Wildman–Crippen MR) is 87.7 cm³/mol. The van der Waals surface area contributed by atoms with Crippen LogP contribution in [-0.2, 0) is 5.66 Å². The van der Waals surface area contributed by atoms with Gasteiger partial charge in [-0.3, -0.25) is 10.1 Å². The Kier molecular flexibility index (Phi) is 3.82. The minimum absolute atomic E-state index is 0.0670. The minimum Gasteiger partial charge on any atom is -0.622 e. The van der Waals surface area contributed by atoms with Crippen LogP contribution in [0.2, 0.25) is 0 Å². The zero-order chi connectivity index (χ0) is 17.5. The minimum atomic E-state index is -1.36. The first kappa shape index (κ1) is 16.1. The van der Waals surface area contributed by atoms with Crippen molar-refractivity contribution in [3.63, 3.8) is 0 Å². The molecule has 0 fully saturated rings. The standard InChI is InChI=1S/C17H17N3O4/c1-12-16(13-6-4-3-5-7-13)19(22)17(2,18(12)21)14-8-10-15(11-9-14)20(23)24/h3-12,21H,1-2H3/t12-,17-/m1/s1. The predicted octanol–water partition coefficient (Wildman–Crippen LogP) is 2.86. The zero-order valence-corrected chi connectivity index (χ0v) is 13.3. The summed E-state index contributed by atoms with van der Waals surface area (Å²) in [5, 5.41) is 35.4. The van der Waals surface area contributed by atoms with Crippen molar-refractivity contribution in [1.29, 1.82) is 0 Å². The second kappa shape index (κ2) is 5.70. The number of benzene rings is 2. The van der Waals surface area contributed by atoms with E-state index < -0.39 is 16.6 Å². The van der Waals surface area contributed by atoms with Crippen LogP contribution in [0.3, 0.4) is 0 Å². The van der Waals surface area contributed by atoms with Crippen LogP contribution in [-0.4, -0.2) is 31.7 Å². The van der Waals surface area contributed by atoms with Gasteiger partial charge >= 0.3 is 0 Å². The summed E-state index contributed by atoms with van der Waals surface area (Å²) in [6.07, 6.45) is 0. The van der Waals surface area contributed by atoms with Crippen molar-refractivity contribution in [2.24, 2.45) is 0 Å². The first-order valence-corrected chi connectivity index (χ1v) is 7.50. The van der Waals surface area contributed by atoms with E-state index in [0.29, 0.717) is 11.3 Å². The van der Waals surface area contributed by atoms with E-state index in [4.69, 9.17) is 0 Å². The zero-order valence-electron chi connectivity index (χ0n) is 13.3. The molecule has 0 bridgehead atoms. The molecule has 0 saturated carbocycles. The van der Waals surface area contributed by atoms with Crippen LogP contribution in [0.4, 0.5) is 5.69 Å². The summed E-state index contributed by atoms with van der Waals surface area (Å²) in [5.74, 6) is 0. The maximum absolute atomic E-state index is 13.0. The van der Waals surface area contributed by atoms with Crippen molar-refractivity contribution in [3.8, 4) is 0 Å². The monoisotopic (exact) mass is 327 g/mol. The van der Waals surface area contributed by atoms with Crippen molar-refractivity contribution in [2.45, 2.75) is 25.6 Å². The van der Waals surface area contributed by atoms with E-state index >= 15 is 0 Å². The number of nitro benzene ring substituents is 1. The Hall–Kier alpha value is -2.77. The Morgan fingerprint density at radius 1 is 1.17 bits per heavy atom. The van der Waals surface area contributed by atoms with E-state index in [1.807, 2.05) is 30.3 Å². The first-order chi connectivity index (χ1) is 11.4. The van der Waals surface area contributed by atoms with Gasteiger partial charge in [0.25, 0.3) is 11.4 Å². The summed E-state index contributed by atoms with van der Waals surface area (Å²) in [5.41, 5.74) is 0.217. The molecule has 2 aromatic carbocycles. The van der Waals surface area contributed by atoms with Crippen molar-refractivity contribution < 1.29 is 14.9 Å². The molecule has 1 heterocycles. The Morgan fingerprint density at radius 2 is 1.75 bits per heavy atom. The van der Waals surface area contributed by atoms with E-state index in [1.54, 1.807) is 13.8 Å². The van der Waals surface area contributed by atoms with Gasteiger partial charge < -0.3 is 10.4 Å². The lowest BCUT2D eigenvalue weighted by atomic mass is 10.0. The molecule has 0 aliphatic carbocycles. The fourth-order valence-corrected chi connectivity index (χ4v) is 3.11. The lowest BCUT2D eigenvalue weighted by molar-refractivity contribution is -0.595. The van der Waals surface area contributed by atoms with Gasteiger partial charge in [0.1, 0.15) is 6.04 Å². The Morgan fingerprint density at radius 3 is 2.29 bits per heavy atom. The molecule has 2 aromatic rings. The van der Waals surface area contributed by atoms with Crippen LogP contribution in [0.25, 0.3) is 0 Å². The van der Waals surface area contributed by atoms with Gasteiger partial charge in [0.2, 0.25) is 5.71 Å². The molecule has 1 N–H and O–H groups in total. The van der Waals surface area contributed by atoms with Crippen LogP contribution in [0.15, 0.2) is 54.6 Å². The fourth-order valence-electron chi connectivity index (χ4n) is 3.11. The van der Waals surface area contributed by atoms with Crippen molar-refractivity contribution in [3.05, 3.63) is 81.0 Å². The number of hydrogen-bond donors (Lipinski definition) is 1. The van der Waals surface area contributed by atoms with Crippen LogP contribution < -0.4 is 0 Å². The molecular formula is C17H17N3O4. The molecule has 2 atom stereocenters. The van der Waals surface area contributed by atoms with Crippen LogP contribution >= 0.6 is 0 Å². The molecule has 3 rings (SSSR count). The molecule has 0 unspecified atom stereocenters. The smallest absolute Gasteiger partial charge is 0.274 e. The van der Waals surface area contributed by atoms with Crippen molar-refractivity contribution >= 4 is 11.4 Å². The third kappa shape index (κ3) is 2.26. The van der Waals surface area contributed by atoms with Gasteiger partial charge in [0, 0.05) is 30.2 Å². The van der Waals surface area contributed by atoms with E-state index in [2.05, 4.69) is 0 Å². The number of nitrogens with zero attached hydrogens (tertiary/aromatic N) is 3. The number of nitro groups is 1. The Bertz CT molecular complexity index is 804. The van der Waals surface area contributed by atoms with E-state index in [1.165, 1.54) is 24.3 Å². The summed E-state index contributed by atoms with van der Waals surface area (Å²) in [6, 6.07) is 14.2. The molecule has 7 nitrogen and oxygen atoms in total. The summed E-state index contributed by atoms with van der Waals surface area (Å²) >= 11 is 0. The molecule has 1 aliphatic heterocycles. The van der Waals surface area contributed by atoms with Gasteiger partial charge in [-0.05, 0) is 31.2 Å². The van der Waals surface area contributed by atoms with Crippen LogP contribution in [0, 0.1) is 15.3 Å². The largest absolute Gasteiger partial charge is 0.622 e. The summed E-state index contributed by atoms with van der Waals surface area (Å²) in [7, 11) is 0. The third-order valence-corrected chi connectivity index (χ3v) is 4.52. The Balaban J connectivity index is 2.12. The highest BCUT2D eigenvalue weighted by Gasteiger charge is 2.54. The number of non-ortho nitro benzene ring substituents is 1. The summed E-state index contributed by atoms with van der Waals surface area (Å²) in [4.78, 5) is 10.3. The van der Waals surface area contributed by atoms with Gasteiger partial charge in [0.05, 0.1) is 4.92 Å². The van der Waals surface area contributed by atoms with Gasteiger partial charge in [0.15, 0.2) is 0 Å². The Labute approximate surface area is 138 Å². The lowest BCUT2D eigenvalue weighted by Crippen LogP contribution is -2.45. The lowest BCUT2D eigenvalue weighted by Gasteiger charge is -2.29. The van der Waals surface area contributed by atoms with Gasteiger partial charge in [-0.15, -0.1) is 5.06 Å². The quantitative estimate of drug-likeness (QED) is 0.405. The number of rotatable bonds is 3.